The number of rotatable bonds is 4. The van der Waals surface area contributed by atoms with Crippen molar-refractivity contribution in [2.24, 2.45) is 5.73 Å². The molecular formula is C16H21N5O2. The van der Waals surface area contributed by atoms with Crippen molar-refractivity contribution in [2.75, 3.05) is 13.2 Å². The zero-order valence-corrected chi connectivity index (χ0v) is 13.1. The van der Waals surface area contributed by atoms with E-state index in [1.54, 1.807) is 11.0 Å². The summed E-state index contributed by atoms with van der Waals surface area (Å²) in [5, 5.41) is 7.09. The van der Waals surface area contributed by atoms with Crippen LogP contribution >= 0.6 is 0 Å². The van der Waals surface area contributed by atoms with E-state index >= 15 is 0 Å². The van der Waals surface area contributed by atoms with E-state index in [4.69, 9.17) is 10.5 Å². The van der Waals surface area contributed by atoms with Crippen LogP contribution in [-0.4, -0.2) is 39.4 Å². The Morgan fingerprint density at radius 1 is 1.35 bits per heavy atom. The molecule has 1 aliphatic heterocycles. The molecule has 1 unspecified atom stereocenters. The summed E-state index contributed by atoms with van der Waals surface area (Å²) in [6, 6.07) is 7.71. The van der Waals surface area contributed by atoms with Gasteiger partial charge in [0.2, 0.25) is 5.91 Å². The molecule has 1 fully saturated rings. The first-order chi connectivity index (χ1) is 11.1. The van der Waals surface area contributed by atoms with E-state index in [1.807, 2.05) is 31.2 Å². The number of carbonyl (C=O) groups is 1. The van der Waals surface area contributed by atoms with Crippen LogP contribution in [0.1, 0.15) is 31.4 Å². The summed E-state index contributed by atoms with van der Waals surface area (Å²) in [7, 11) is 0. The van der Waals surface area contributed by atoms with Crippen molar-refractivity contribution in [2.45, 2.75) is 31.3 Å². The van der Waals surface area contributed by atoms with E-state index in [1.165, 1.54) is 6.33 Å². The van der Waals surface area contributed by atoms with Gasteiger partial charge in [-0.25, -0.2) is 9.67 Å². The third kappa shape index (κ3) is 3.40. The molecule has 1 atom stereocenters. The molecule has 1 aromatic heterocycles. The summed E-state index contributed by atoms with van der Waals surface area (Å²) in [5.74, 6) is -0.117. The van der Waals surface area contributed by atoms with E-state index in [9.17, 15) is 4.79 Å². The van der Waals surface area contributed by atoms with Gasteiger partial charge in [-0.15, -0.1) is 0 Å². The van der Waals surface area contributed by atoms with Crippen molar-refractivity contribution in [3.63, 3.8) is 0 Å². The number of nitrogens with zero attached hydrogens (tertiary/aromatic N) is 3. The Labute approximate surface area is 134 Å². The molecule has 3 rings (SSSR count). The van der Waals surface area contributed by atoms with E-state index < -0.39 is 5.54 Å². The predicted molar refractivity (Wildman–Crippen MR) is 84.9 cm³/mol. The molecule has 1 aliphatic rings. The lowest BCUT2D eigenvalue weighted by atomic mass is 9.90. The second-order valence-corrected chi connectivity index (χ2v) is 5.90. The number of nitrogens with one attached hydrogen (secondary N) is 1. The number of aromatic nitrogens is 3. The molecule has 0 radical (unpaired) electrons. The predicted octanol–water partition coefficient (Wildman–Crippen LogP) is 0.952. The molecule has 7 heteroatoms. The van der Waals surface area contributed by atoms with Crippen LogP contribution in [0.15, 0.2) is 36.9 Å². The molecule has 3 N–H and O–H groups in total. The molecule has 122 valence electrons. The van der Waals surface area contributed by atoms with Crippen molar-refractivity contribution >= 4 is 5.91 Å². The highest BCUT2D eigenvalue weighted by Crippen LogP contribution is 2.21. The number of hydrogen-bond acceptors (Lipinski definition) is 5. The molecule has 0 bridgehead atoms. The quantitative estimate of drug-likeness (QED) is 0.876. The van der Waals surface area contributed by atoms with Gasteiger partial charge in [-0.3, -0.25) is 4.79 Å². The van der Waals surface area contributed by atoms with E-state index in [-0.39, 0.29) is 11.9 Å². The number of ether oxygens (including phenoxy) is 1. The first kappa shape index (κ1) is 15.6. The monoisotopic (exact) mass is 315 g/mol. The minimum atomic E-state index is -0.826. The lowest BCUT2D eigenvalue weighted by molar-refractivity contribution is -0.130. The molecule has 0 saturated carbocycles. The minimum absolute atomic E-state index is 0.115. The highest BCUT2D eigenvalue weighted by molar-refractivity contribution is 5.86. The largest absolute Gasteiger partial charge is 0.381 e. The average Bonchev–Trinajstić information content (AvgIpc) is 3.10. The number of carbonyl (C=O) groups excluding carboxylic acids is 1. The number of nitrogens with two attached hydrogens (primary N) is 1. The molecule has 1 aromatic carbocycles. The normalized spacial score (nSPS) is 18.3. The molecule has 2 aromatic rings. The van der Waals surface area contributed by atoms with Crippen LogP contribution in [0.2, 0.25) is 0 Å². The molecule has 0 aliphatic carbocycles. The second-order valence-electron chi connectivity index (χ2n) is 5.90. The molecule has 2 heterocycles. The van der Waals surface area contributed by atoms with Gasteiger partial charge >= 0.3 is 0 Å². The Bertz CT molecular complexity index is 648. The van der Waals surface area contributed by atoms with Crippen molar-refractivity contribution in [3.8, 4) is 5.69 Å². The van der Waals surface area contributed by atoms with Crippen molar-refractivity contribution in [3.05, 3.63) is 42.5 Å². The highest BCUT2D eigenvalue weighted by Gasteiger charge is 2.36. The maximum Gasteiger partial charge on any atom is 0.240 e. The van der Waals surface area contributed by atoms with Gasteiger partial charge in [0, 0.05) is 13.2 Å². The Morgan fingerprint density at radius 3 is 2.65 bits per heavy atom. The molecule has 7 nitrogen and oxygen atoms in total. The van der Waals surface area contributed by atoms with Crippen molar-refractivity contribution in [1.29, 1.82) is 0 Å². The molecule has 1 amide bonds. The van der Waals surface area contributed by atoms with E-state index in [2.05, 4.69) is 15.4 Å². The zero-order valence-electron chi connectivity index (χ0n) is 13.1. The van der Waals surface area contributed by atoms with Crippen LogP contribution in [0, 0.1) is 0 Å². The van der Waals surface area contributed by atoms with Gasteiger partial charge in [-0.05, 0) is 37.5 Å². The number of hydrogen-bond donors (Lipinski definition) is 2. The Morgan fingerprint density at radius 2 is 2.04 bits per heavy atom. The summed E-state index contributed by atoms with van der Waals surface area (Å²) in [6.45, 7) is 3.01. The highest BCUT2D eigenvalue weighted by atomic mass is 16.5. The molecule has 1 saturated heterocycles. The number of benzene rings is 1. The summed E-state index contributed by atoms with van der Waals surface area (Å²) >= 11 is 0. The van der Waals surface area contributed by atoms with Gasteiger partial charge in [0.05, 0.1) is 17.3 Å². The van der Waals surface area contributed by atoms with E-state index in [0.29, 0.717) is 26.1 Å². The maximum absolute atomic E-state index is 12.4. The van der Waals surface area contributed by atoms with Crippen LogP contribution in [0.3, 0.4) is 0 Å². The van der Waals surface area contributed by atoms with Crippen LogP contribution < -0.4 is 11.1 Å². The van der Waals surface area contributed by atoms with Gasteiger partial charge in [0.25, 0.3) is 0 Å². The lowest BCUT2D eigenvalue weighted by Gasteiger charge is -2.33. The molecule has 23 heavy (non-hydrogen) atoms. The van der Waals surface area contributed by atoms with Crippen LogP contribution in [0.5, 0.6) is 0 Å². The summed E-state index contributed by atoms with van der Waals surface area (Å²) in [6.07, 6.45) is 4.24. The molecular weight excluding hydrogens is 294 g/mol. The van der Waals surface area contributed by atoms with Crippen LogP contribution in [0.4, 0.5) is 0 Å². The lowest BCUT2D eigenvalue weighted by Crippen LogP contribution is -2.57. The summed E-state index contributed by atoms with van der Waals surface area (Å²) < 4.78 is 6.96. The van der Waals surface area contributed by atoms with Crippen molar-refractivity contribution in [1.82, 2.24) is 20.1 Å². The zero-order chi connectivity index (χ0) is 16.3. The molecule has 0 spiro atoms. The topological polar surface area (TPSA) is 95.1 Å². The first-order valence-corrected chi connectivity index (χ1v) is 7.71. The average molecular weight is 315 g/mol. The fourth-order valence-corrected chi connectivity index (χ4v) is 2.64. The van der Waals surface area contributed by atoms with Gasteiger partial charge in [-0.1, -0.05) is 12.1 Å². The Balaban J connectivity index is 1.66. The Hall–Kier alpha value is -2.25. The van der Waals surface area contributed by atoms with Crippen molar-refractivity contribution < 1.29 is 9.53 Å². The maximum atomic E-state index is 12.4. The van der Waals surface area contributed by atoms with E-state index in [0.717, 1.165) is 11.3 Å². The van der Waals surface area contributed by atoms with Gasteiger partial charge in [0.1, 0.15) is 12.7 Å². The standard InChI is InChI=1S/C16H21N5O2/c1-12(20-15(22)16(17)6-8-23-9-7-16)13-2-4-14(5-3-13)21-11-18-10-19-21/h2-5,10-12H,6-9,17H2,1H3,(H,20,22). The first-order valence-electron chi connectivity index (χ1n) is 7.71. The fourth-order valence-electron chi connectivity index (χ4n) is 2.64. The van der Waals surface area contributed by atoms with Gasteiger partial charge in [-0.2, -0.15) is 5.10 Å². The summed E-state index contributed by atoms with van der Waals surface area (Å²) in [4.78, 5) is 16.4. The van der Waals surface area contributed by atoms with Crippen LogP contribution in [0.25, 0.3) is 5.69 Å². The van der Waals surface area contributed by atoms with Gasteiger partial charge < -0.3 is 15.8 Å². The van der Waals surface area contributed by atoms with Gasteiger partial charge in [0.15, 0.2) is 0 Å². The third-order valence-electron chi connectivity index (χ3n) is 4.26. The fraction of sp³-hybridized carbons (Fsp3) is 0.438. The third-order valence-corrected chi connectivity index (χ3v) is 4.26. The number of amides is 1. The van der Waals surface area contributed by atoms with Crippen LogP contribution in [-0.2, 0) is 9.53 Å². The Kier molecular flexibility index (Phi) is 4.40. The SMILES string of the molecule is CC(NC(=O)C1(N)CCOCC1)c1ccc(-n2cncn2)cc1. The smallest absolute Gasteiger partial charge is 0.240 e. The minimum Gasteiger partial charge on any atom is -0.381 e. The summed E-state index contributed by atoms with van der Waals surface area (Å²) in [5.41, 5.74) is 7.31. The second kappa shape index (κ2) is 6.47.